The minimum absolute atomic E-state index is 0.103. The molecule has 1 heterocycles. The van der Waals surface area contributed by atoms with E-state index in [2.05, 4.69) is 5.10 Å². The molecule has 0 atom stereocenters. The predicted octanol–water partition coefficient (Wildman–Crippen LogP) is 2.41. The molecule has 0 N–H and O–H groups in total. The number of amides is 1. The van der Waals surface area contributed by atoms with Gasteiger partial charge in [0.15, 0.2) is 0 Å². The lowest BCUT2D eigenvalue weighted by Gasteiger charge is -2.24. The van der Waals surface area contributed by atoms with Crippen LogP contribution in [0.5, 0.6) is 0 Å². The summed E-state index contributed by atoms with van der Waals surface area (Å²) in [5.41, 5.74) is 2.59. The third-order valence-corrected chi connectivity index (χ3v) is 4.03. The van der Waals surface area contributed by atoms with Gasteiger partial charge in [-0.1, -0.05) is 19.3 Å². The second-order valence-corrected chi connectivity index (χ2v) is 5.29. The number of hydrogen-bond acceptors (Lipinski definition) is 3. The van der Waals surface area contributed by atoms with E-state index in [1.54, 1.807) is 7.05 Å². The zero-order valence-corrected chi connectivity index (χ0v) is 12.3. The highest BCUT2D eigenvalue weighted by atomic mass is 16.7. The van der Waals surface area contributed by atoms with E-state index in [1.165, 1.54) is 31.4 Å². The average Bonchev–Trinajstić information content (AvgIpc) is 2.72. The predicted molar refractivity (Wildman–Crippen MR) is 72.9 cm³/mol. The number of rotatable bonds is 3. The topological polar surface area (TPSA) is 47.4 Å². The van der Waals surface area contributed by atoms with E-state index >= 15 is 0 Å². The van der Waals surface area contributed by atoms with Crippen molar-refractivity contribution in [2.24, 2.45) is 7.05 Å². The first kappa shape index (κ1) is 14.1. The third kappa shape index (κ3) is 2.66. The van der Waals surface area contributed by atoms with Gasteiger partial charge in [0.25, 0.3) is 5.91 Å². The molecular formula is C14H23N3O2. The molecule has 0 bridgehead atoms. The first-order chi connectivity index (χ1) is 9.06. The van der Waals surface area contributed by atoms with E-state index in [0.29, 0.717) is 5.92 Å². The SMILES string of the molecule is CON(C)C(=O)c1c(C)nn(C)c1C1CCCCC1. The number of carbonyl (C=O) groups is 1. The largest absolute Gasteiger partial charge is 0.280 e. The molecule has 2 rings (SSSR count). The van der Waals surface area contributed by atoms with Crippen LogP contribution >= 0.6 is 0 Å². The Hall–Kier alpha value is -1.36. The second-order valence-electron chi connectivity index (χ2n) is 5.29. The minimum Gasteiger partial charge on any atom is -0.274 e. The fourth-order valence-corrected chi connectivity index (χ4v) is 3.03. The zero-order valence-electron chi connectivity index (χ0n) is 12.3. The zero-order chi connectivity index (χ0) is 14.0. The second kappa shape index (κ2) is 5.74. The maximum Gasteiger partial charge on any atom is 0.280 e. The van der Waals surface area contributed by atoms with Gasteiger partial charge < -0.3 is 0 Å². The van der Waals surface area contributed by atoms with Gasteiger partial charge in [0.2, 0.25) is 0 Å². The highest BCUT2D eigenvalue weighted by Gasteiger charge is 2.29. The van der Waals surface area contributed by atoms with Crippen molar-refractivity contribution in [1.29, 1.82) is 0 Å². The molecule has 19 heavy (non-hydrogen) atoms. The van der Waals surface area contributed by atoms with Crippen molar-refractivity contribution in [3.63, 3.8) is 0 Å². The molecule has 106 valence electrons. The van der Waals surface area contributed by atoms with Gasteiger partial charge in [-0.25, -0.2) is 5.06 Å². The summed E-state index contributed by atoms with van der Waals surface area (Å²) in [6.45, 7) is 1.89. The average molecular weight is 265 g/mol. The first-order valence-electron chi connectivity index (χ1n) is 6.92. The Morgan fingerprint density at radius 3 is 2.58 bits per heavy atom. The van der Waals surface area contributed by atoms with Crippen molar-refractivity contribution in [1.82, 2.24) is 14.8 Å². The summed E-state index contributed by atoms with van der Waals surface area (Å²) in [6, 6.07) is 0. The van der Waals surface area contributed by atoms with E-state index in [4.69, 9.17) is 4.84 Å². The molecule has 1 aromatic rings. The molecule has 0 aliphatic heterocycles. The Morgan fingerprint density at radius 1 is 1.37 bits per heavy atom. The summed E-state index contributed by atoms with van der Waals surface area (Å²) in [6.07, 6.45) is 6.08. The van der Waals surface area contributed by atoms with Gasteiger partial charge in [0.05, 0.1) is 24.1 Å². The van der Waals surface area contributed by atoms with Gasteiger partial charge in [-0.05, 0) is 19.8 Å². The highest BCUT2D eigenvalue weighted by molar-refractivity contribution is 5.95. The standard InChI is InChI=1S/C14H23N3O2/c1-10-12(14(18)17(3)19-4)13(16(2)15-10)11-8-6-5-7-9-11/h11H,5-9H2,1-4H3. The van der Waals surface area contributed by atoms with Crippen LogP contribution in [-0.4, -0.2) is 34.9 Å². The molecule has 1 aliphatic rings. The van der Waals surface area contributed by atoms with Gasteiger partial charge in [-0.15, -0.1) is 0 Å². The van der Waals surface area contributed by atoms with E-state index in [9.17, 15) is 4.79 Å². The van der Waals surface area contributed by atoms with Gasteiger partial charge in [0.1, 0.15) is 0 Å². The number of nitrogens with zero attached hydrogens (tertiary/aromatic N) is 3. The van der Waals surface area contributed by atoms with Crippen molar-refractivity contribution in [2.75, 3.05) is 14.2 Å². The highest BCUT2D eigenvalue weighted by Crippen LogP contribution is 2.35. The lowest BCUT2D eigenvalue weighted by Crippen LogP contribution is -2.27. The quantitative estimate of drug-likeness (QED) is 0.788. The van der Waals surface area contributed by atoms with Crippen molar-refractivity contribution in [3.05, 3.63) is 17.0 Å². The Bertz CT molecular complexity index is 462. The van der Waals surface area contributed by atoms with Crippen LogP contribution in [0, 0.1) is 6.92 Å². The third-order valence-electron chi connectivity index (χ3n) is 4.03. The molecule has 0 unspecified atom stereocenters. The maximum atomic E-state index is 12.4. The van der Waals surface area contributed by atoms with E-state index in [0.717, 1.165) is 29.8 Å². The molecule has 0 saturated heterocycles. The number of hydroxylamine groups is 2. The van der Waals surface area contributed by atoms with Crippen molar-refractivity contribution in [3.8, 4) is 0 Å². The molecule has 1 aliphatic carbocycles. The lowest BCUT2D eigenvalue weighted by molar-refractivity contribution is -0.0758. The van der Waals surface area contributed by atoms with Crippen molar-refractivity contribution < 1.29 is 9.63 Å². The van der Waals surface area contributed by atoms with Crippen LogP contribution in [0.25, 0.3) is 0 Å². The summed E-state index contributed by atoms with van der Waals surface area (Å²) in [4.78, 5) is 17.4. The lowest BCUT2D eigenvalue weighted by atomic mass is 9.85. The molecule has 1 amide bonds. The number of aromatic nitrogens is 2. The van der Waals surface area contributed by atoms with Gasteiger partial charge in [-0.3, -0.25) is 14.3 Å². The van der Waals surface area contributed by atoms with Crippen LogP contribution in [0.4, 0.5) is 0 Å². The Kier molecular flexibility index (Phi) is 4.24. The van der Waals surface area contributed by atoms with E-state index < -0.39 is 0 Å². The number of carbonyl (C=O) groups excluding carboxylic acids is 1. The van der Waals surface area contributed by atoms with E-state index in [-0.39, 0.29) is 5.91 Å². The summed E-state index contributed by atoms with van der Waals surface area (Å²) in [7, 11) is 5.07. The molecule has 0 aromatic carbocycles. The van der Waals surface area contributed by atoms with Crippen molar-refractivity contribution in [2.45, 2.75) is 44.9 Å². The van der Waals surface area contributed by atoms with Crippen LogP contribution in [0.3, 0.4) is 0 Å². The summed E-state index contributed by atoms with van der Waals surface area (Å²) in [5.74, 6) is 0.345. The molecule has 5 nitrogen and oxygen atoms in total. The van der Waals surface area contributed by atoms with Gasteiger partial charge in [-0.2, -0.15) is 5.10 Å². The fraction of sp³-hybridized carbons (Fsp3) is 0.714. The molecule has 5 heteroatoms. The number of hydrogen-bond donors (Lipinski definition) is 0. The van der Waals surface area contributed by atoms with Crippen LogP contribution < -0.4 is 0 Å². The van der Waals surface area contributed by atoms with Crippen LogP contribution in [0.15, 0.2) is 0 Å². The molecule has 1 aromatic heterocycles. The molecule has 1 saturated carbocycles. The monoisotopic (exact) mass is 265 g/mol. The minimum atomic E-state index is -0.103. The summed E-state index contributed by atoms with van der Waals surface area (Å²) in [5, 5.41) is 5.71. The molecule has 0 spiro atoms. The molecule has 0 radical (unpaired) electrons. The summed E-state index contributed by atoms with van der Waals surface area (Å²) < 4.78 is 1.88. The molecular weight excluding hydrogens is 242 g/mol. The first-order valence-corrected chi connectivity index (χ1v) is 6.92. The Balaban J connectivity index is 2.39. The maximum absolute atomic E-state index is 12.4. The Labute approximate surface area is 114 Å². The van der Waals surface area contributed by atoms with Crippen molar-refractivity contribution >= 4 is 5.91 Å². The smallest absolute Gasteiger partial charge is 0.274 e. The normalized spacial score (nSPS) is 16.6. The van der Waals surface area contributed by atoms with Gasteiger partial charge >= 0.3 is 0 Å². The molecule has 1 fully saturated rings. The van der Waals surface area contributed by atoms with Crippen LogP contribution in [0.2, 0.25) is 0 Å². The van der Waals surface area contributed by atoms with E-state index in [1.807, 2.05) is 18.7 Å². The van der Waals surface area contributed by atoms with Crippen LogP contribution in [0.1, 0.15) is 59.8 Å². The van der Waals surface area contributed by atoms with Crippen LogP contribution in [-0.2, 0) is 11.9 Å². The number of aryl methyl sites for hydroxylation is 2. The Morgan fingerprint density at radius 2 is 2.00 bits per heavy atom. The summed E-state index contributed by atoms with van der Waals surface area (Å²) >= 11 is 0. The van der Waals surface area contributed by atoms with Gasteiger partial charge in [0, 0.05) is 20.0 Å². The fourth-order valence-electron chi connectivity index (χ4n) is 3.03.